The van der Waals surface area contributed by atoms with Crippen LogP contribution in [0.1, 0.15) is 6.42 Å². The SMILES string of the molecule is COc1ccc(NCCC(=O)Nc2ccc(Br)cc2)cc1. The Labute approximate surface area is 132 Å². The number of benzene rings is 2. The lowest BCUT2D eigenvalue weighted by Crippen LogP contribution is -2.16. The second-order valence-corrected chi connectivity index (χ2v) is 5.38. The van der Waals surface area contributed by atoms with Gasteiger partial charge in [0.25, 0.3) is 0 Å². The fourth-order valence-electron chi connectivity index (χ4n) is 1.79. The van der Waals surface area contributed by atoms with Crippen LogP contribution in [-0.2, 0) is 4.79 Å². The fourth-order valence-corrected chi connectivity index (χ4v) is 2.05. The number of halogens is 1. The van der Waals surface area contributed by atoms with Gasteiger partial charge in [-0.3, -0.25) is 4.79 Å². The zero-order valence-corrected chi connectivity index (χ0v) is 13.3. The highest BCUT2D eigenvalue weighted by Gasteiger charge is 2.02. The largest absolute Gasteiger partial charge is 0.497 e. The van der Waals surface area contributed by atoms with Crippen LogP contribution >= 0.6 is 15.9 Å². The molecule has 2 N–H and O–H groups in total. The van der Waals surface area contributed by atoms with Gasteiger partial charge in [0, 0.05) is 28.8 Å². The van der Waals surface area contributed by atoms with Crippen molar-refractivity contribution in [3.05, 3.63) is 53.0 Å². The molecule has 0 aliphatic heterocycles. The van der Waals surface area contributed by atoms with Crippen molar-refractivity contribution >= 4 is 33.2 Å². The number of carbonyl (C=O) groups is 1. The van der Waals surface area contributed by atoms with Gasteiger partial charge in [-0.05, 0) is 48.5 Å². The first-order valence-corrected chi connectivity index (χ1v) is 7.40. The molecular formula is C16H17BrN2O2. The van der Waals surface area contributed by atoms with Crippen LogP contribution in [0.5, 0.6) is 5.75 Å². The number of carbonyl (C=O) groups excluding carboxylic acids is 1. The first-order valence-electron chi connectivity index (χ1n) is 6.61. The van der Waals surface area contributed by atoms with E-state index in [1.165, 1.54) is 0 Å². The number of ether oxygens (including phenoxy) is 1. The molecule has 4 nitrogen and oxygen atoms in total. The van der Waals surface area contributed by atoms with Crippen molar-refractivity contribution in [1.29, 1.82) is 0 Å². The minimum atomic E-state index is -0.0154. The molecule has 0 atom stereocenters. The standard InChI is InChI=1S/C16H17BrN2O2/c1-21-15-8-6-13(7-9-15)18-11-10-16(20)19-14-4-2-12(17)3-5-14/h2-9,18H,10-11H2,1H3,(H,19,20). The quantitative estimate of drug-likeness (QED) is 0.832. The number of rotatable bonds is 6. The van der Waals surface area contributed by atoms with Gasteiger partial charge in [-0.2, -0.15) is 0 Å². The van der Waals surface area contributed by atoms with E-state index >= 15 is 0 Å². The summed E-state index contributed by atoms with van der Waals surface area (Å²) in [6.45, 7) is 0.578. The van der Waals surface area contributed by atoms with Crippen molar-refractivity contribution in [3.63, 3.8) is 0 Å². The van der Waals surface area contributed by atoms with Crippen LogP contribution in [0.15, 0.2) is 53.0 Å². The third-order valence-corrected chi connectivity index (χ3v) is 3.43. The Morgan fingerprint density at radius 2 is 1.67 bits per heavy atom. The van der Waals surface area contributed by atoms with E-state index in [1.54, 1.807) is 7.11 Å². The number of nitrogens with one attached hydrogen (secondary N) is 2. The van der Waals surface area contributed by atoms with E-state index in [4.69, 9.17) is 4.74 Å². The number of hydrogen-bond acceptors (Lipinski definition) is 3. The topological polar surface area (TPSA) is 50.4 Å². The van der Waals surface area contributed by atoms with E-state index < -0.39 is 0 Å². The number of amides is 1. The van der Waals surface area contributed by atoms with E-state index in [2.05, 4.69) is 26.6 Å². The molecule has 1 amide bonds. The molecule has 2 rings (SSSR count). The molecule has 0 aliphatic carbocycles. The molecule has 0 aromatic heterocycles. The van der Waals surface area contributed by atoms with Crippen molar-refractivity contribution in [2.24, 2.45) is 0 Å². The summed E-state index contributed by atoms with van der Waals surface area (Å²) < 4.78 is 6.08. The average Bonchev–Trinajstić information content (AvgIpc) is 2.50. The summed E-state index contributed by atoms with van der Waals surface area (Å²) in [4.78, 5) is 11.8. The van der Waals surface area contributed by atoms with Crippen molar-refractivity contribution in [2.75, 3.05) is 24.3 Å². The van der Waals surface area contributed by atoms with Gasteiger partial charge in [0.05, 0.1) is 7.11 Å². The molecule has 0 saturated carbocycles. The Balaban J connectivity index is 1.74. The van der Waals surface area contributed by atoms with Crippen LogP contribution in [0.3, 0.4) is 0 Å². The molecule has 2 aromatic rings. The van der Waals surface area contributed by atoms with Crippen molar-refractivity contribution in [3.8, 4) is 5.75 Å². The minimum absolute atomic E-state index is 0.0154. The molecule has 0 radical (unpaired) electrons. The van der Waals surface area contributed by atoms with E-state index in [-0.39, 0.29) is 5.91 Å². The third-order valence-electron chi connectivity index (χ3n) is 2.90. The molecule has 0 saturated heterocycles. The predicted octanol–water partition coefficient (Wildman–Crippen LogP) is 3.90. The van der Waals surface area contributed by atoms with E-state index in [1.807, 2.05) is 48.5 Å². The van der Waals surface area contributed by atoms with Gasteiger partial charge in [-0.1, -0.05) is 15.9 Å². The van der Waals surface area contributed by atoms with Gasteiger partial charge >= 0.3 is 0 Å². The van der Waals surface area contributed by atoms with E-state index in [9.17, 15) is 4.79 Å². The maximum Gasteiger partial charge on any atom is 0.226 e. The lowest BCUT2D eigenvalue weighted by molar-refractivity contribution is -0.115. The molecule has 0 bridgehead atoms. The third kappa shape index (κ3) is 5.11. The Hall–Kier alpha value is -2.01. The maximum atomic E-state index is 11.8. The molecule has 2 aromatic carbocycles. The molecule has 0 fully saturated rings. The normalized spacial score (nSPS) is 10.0. The Kier molecular flexibility index (Phi) is 5.63. The smallest absolute Gasteiger partial charge is 0.226 e. The second-order valence-electron chi connectivity index (χ2n) is 4.46. The summed E-state index contributed by atoms with van der Waals surface area (Å²) in [6.07, 6.45) is 0.405. The Morgan fingerprint density at radius 1 is 1.05 bits per heavy atom. The van der Waals surface area contributed by atoms with Gasteiger partial charge in [0.2, 0.25) is 5.91 Å². The van der Waals surface area contributed by atoms with Crippen LogP contribution in [-0.4, -0.2) is 19.6 Å². The van der Waals surface area contributed by atoms with Crippen LogP contribution in [0, 0.1) is 0 Å². The number of anilines is 2. The lowest BCUT2D eigenvalue weighted by Gasteiger charge is -2.08. The zero-order valence-electron chi connectivity index (χ0n) is 11.7. The van der Waals surface area contributed by atoms with Crippen LogP contribution < -0.4 is 15.4 Å². The summed E-state index contributed by atoms with van der Waals surface area (Å²) in [5, 5.41) is 6.05. The van der Waals surface area contributed by atoms with E-state index in [0.29, 0.717) is 13.0 Å². The van der Waals surface area contributed by atoms with Gasteiger partial charge in [0.15, 0.2) is 0 Å². The Bertz CT molecular complexity index is 582. The zero-order chi connectivity index (χ0) is 15.1. The number of methoxy groups -OCH3 is 1. The predicted molar refractivity (Wildman–Crippen MR) is 88.9 cm³/mol. The Morgan fingerprint density at radius 3 is 2.29 bits per heavy atom. The van der Waals surface area contributed by atoms with Gasteiger partial charge < -0.3 is 15.4 Å². The van der Waals surface area contributed by atoms with Crippen LogP contribution in [0.25, 0.3) is 0 Å². The molecule has 0 spiro atoms. The molecular weight excluding hydrogens is 332 g/mol. The fraction of sp³-hybridized carbons (Fsp3) is 0.188. The summed E-state index contributed by atoms with van der Waals surface area (Å²) in [7, 11) is 1.63. The molecule has 0 unspecified atom stereocenters. The second kappa shape index (κ2) is 7.69. The highest BCUT2D eigenvalue weighted by atomic mass is 79.9. The molecule has 21 heavy (non-hydrogen) atoms. The van der Waals surface area contributed by atoms with Gasteiger partial charge in [0.1, 0.15) is 5.75 Å². The maximum absolute atomic E-state index is 11.8. The first-order chi connectivity index (χ1) is 10.2. The van der Waals surface area contributed by atoms with Crippen molar-refractivity contribution in [2.45, 2.75) is 6.42 Å². The van der Waals surface area contributed by atoms with Crippen LogP contribution in [0.2, 0.25) is 0 Å². The first kappa shape index (κ1) is 15.4. The summed E-state index contributed by atoms with van der Waals surface area (Å²) in [5.41, 5.74) is 1.76. The van der Waals surface area contributed by atoms with Gasteiger partial charge in [-0.25, -0.2) is 0 Å². The van der Waals surface area contributed by atoms with E-state index in [0.717, 1.165) is 21.6 Å². The summed E-state index contributed by atoms with van der Waals surface area (Å²) in [6, 6.07) is 15.1. The molecule has 0 heterocycles. The minimum Gasteiger partial charge on any atom is -0.497 e. The average molecular weight is 349 g/mol. The van der Waals surface area contributed by atoms with Crippen LogP contribution in [0.4, 0.5) is 11.4 Å². The molecule has 110 valence electrons. The number of hydrogen-bond donors (Lipinski definition) is 2. The summed E-state index contributed by atoms with van der Waals surface area (Å²) >= 11 is 3.36. The summed E-state index contributed by atoms with van der Waals surface area (Å²) in [5.74, 6) is 0.798. The lowest BCUT2D eigenvalue weighted by atomic mass is 10.3. The monoisotopic (exact) mass is 348 g/mol. The highest BCUT2D eigenvalue weighted by molar-refractivity contribution is 9.10. The molecule has 5 heteroatoms. The van der Waals surface area contributed by atoms with Crippen molar-refractivity contribution in [1.82, 2.24) is 0 Å². The molecule has 0 aliphatic rings. The van der Waals surface area contributed by atoms with Gasteiger partial charge in [-0.15, -0.1) is 0 Å². The highest BCUT2D eigenvalue weighted by Crippen LogP contribution is 2.16. The van der Waals surface area contributed by atoms with Crippen molar-refractivity contribution < 1.29 is 9.53 Å².